The van der Waals surface area contributed by atoms with Crippen molar-refractivity contribution in [3.8, 4) is 0 Å². The lowest BCUT2D eigenvalue weighted by Crippen LogP contribution is -2.36. The van der Waals surface area contributed by atoms with Gasteiger partial charge in [-0.15, -0.1) is 0 Å². The summed E-state index contributed by atoms with van der Waals surface area (Å²) in [6, 6.07) is 3.37. The molecule has 0 fully saturated rings. The van der Waals surface area contributed by atoms with Crippen molar-refractivity contribution in [2.45, 2.75) is 19.4 Å². The van der Waals surface area contributed by atoms with Gasteiger partial charge >= 0.3 is 5.97 Å². The lowest BCUT2D eigenvalue weighted by atomic mass is 9.98. The number of aromatic nitrogens is 1. The number of carbonyl (C=O) groups is 1. The molecule has 94 valence electrons. The fraction of sp³-hybridized carbons (Fsp3) is 0.500. The Kier molecular flexibility index (Phi) is 5.06. The summed E-state index contributed by atoms with van der Waals surface area (Å²) in [5.41, 5.74) is -0.866. The van der Waals surface area contributed by atoms with E-state index in [1.165, 1.54) is 13.1 Å². The van der Waals surface area contributed by atoms with E-state index in [0.717, 1.165) is 0 Å². The van der Waals surface area contributed by atoms with E-state index in [4.69, 9.17) is 9.47 Å². The third-order valence-corrected chi connectivity index (χ3v) is 2.44. The molecule has 0 saturated carbocycles. The van der Waals surface area contributed by atoms with E-state index in [2.05, 4.69) is 4.98 Å². The minimum atomic E-state index is -1.38. The summed E-state index contributed by atoms with van der Waals surface area (Å²) in [6.07, 6.45) is 3.08. The first kappa shape index (κ1) is 13.6. The number of carboxylic acids is 1. The molecule has 1 rings (SSSR count). The van der Waals surface area contributed by atoms with Crippen molar-refractivity contribution in [1.82, 2.24) is 4.98 Å². The molecule has 0 aliphatic carbocycles. The summed E-state index contributed by atoms with van der Waals surface area (Å²) in [5.74, 6) is -1.04. The van der Waals surface area contributed by atoms with Crippen LogP contribution >= 0.6 is 0 Å². The maximum atomic E-state index is 11.3. The van der Waals surface area contributed by atoms with Gasteiger partial charge in [-0.1, -0.05) is 6.07 Å². The number of pyridine rings is 1. The summed E-state index contributed by atoms with van der Waals surface area (Å²) in [5, 5.41) is 9.25. The van der Waals surface area contributed by atoms with E-state index < -0.39 is 11.6 Å². The first-order chi connectivity index (χ1) is 8.11. The molecular weight excluding hydrogens is 222 g/mol. The van der Waals surface area contributed by atoms with E-state index in [9.17, 15) is 9.90 Å². The maximum absolute atomic E-state index is 11.3. The fourth-order valence-corrected chi connectivity index (χ4v) is 1.36. The van der Waals surface area contributed by atoms with Gasteiger partial charge in [0.2, 0.25) is 0 Å². The van der Waals surface area contributed by atoms with Crippen molar-refractivity contribution in [3.63, 3.8) is 0 Å². The number of hydrogen-bond donors (Lipinski definition) is 1. The van der Waals surface area contributed by atoms with Crippen LogP contribution in [0.2, 0.25) is 0 Å². The molecule has 0 aliphatic rings. The lowest BCUT2D eigenvalue weighted by molar-refractivity contribution is -0.167. The molecule has 1 unspecified atom stereocenters. The molecule has 5 nitrogen and oxygen atoms in total. The minimum Gasteiger partial charge on any atom is -0.479 e. The molecule has 1 heterocycles. The van der Waals surface area contributed by atoms with Crippen molar-refractivity contribution in [1.29, 1.82) is 0 Å². The lowest BCUT2D eigenvalue weighted by Gasteiger charge is -2.25. The Balaban J connectivity index is 2.73. The largest absolute Gasteiger partial charge is 0.479 e. The van der Waals surface area contributed by atoms with Gasteiger partial charge < -0.3 is 14.6 Å². The van der Waals surface area contributed by atoms with Crippen molar-refractivity contribution in [2.24, 2.45) is 0 Å². The number of rotatable bonds is 7. The van der Waals surface area contributed by atoms with Gasteiger partial charge in [0.15, 0.2) is 5.60 Å². The van der Waals surface area contributed by atoms with Crippen LogP contribution in [0.1, 0.15) is 19.4 Å². The second-order valence-corrected chi connectivity index (χ2v) is 3.63. The molecular formula is C12H17NO4. The smallest absolute Gasteiger partial charge is 0.340 e. The van der Waals surface area contributed by atoms with Gasteiger partial charge in [-0.3, -0.25) is 4.98 Å². The average molecular weight is 239 g/mol. The zero-order valence-electron chi connectivity index (χ0n) is 10.0. The molecule has 5 heteroatoms. The average Bonchev–Trinajstić information content (AvgIpc) is 2.35. The SMILES string of the molecule is CCOCCOC(C)(C(=O)O)c1cccnc1. The fourth-order valence-electron chi connectivity index (χ4n) is 1.36. The highest BCUT2D eigenvalue weighted by molar-refractivity contribution is 5.78. The zero-order valence-corrected chi connectivity index (χ0v) is 10.0. The van der Waals surface area contributed by atoms with Gasteiger partial charge in [-0.05, 0) is 19.9 Å². The maximum Gasteiger partial charge on any atom is 0.340 e. The van der Waals surface area contributed by atoms with Crippen LogP contribution in [0, 0.1) is 0 Å². The third-order valence-electron chi connectivity index (χ3n) is 2.44. The highest BCUT2D eigenvalue weighted by Gasteiger charge is 2.36. The molecule has 1 atom stereocenters. The van der Waals surface area contributed by atoms with E-state index in [1.807, 2.05) is 6.92 Å². The molecule has 1 aromatic heterocycles. The van der Waals surface area contributed by atoms with Gasteiger partial charge in [-0.25, -0.2) is 4.79 Å². The Morgan fingerprint density at radius 1 is 1.53 bits per heavy atom. The van der Waals surface area contributed by atoms with Crippen LogP contribution in [0.5, 0.6) is 0 Å². The van der Waals surface area contributed by atoms with Crippen LogP contribution in [-0.2, 0) is 19.9 Å². The highest BCUT2D eigenvalue weighted by Crippen LogP contribution is 2.24. The summed E-state index contributed by atoms with van der Waals surface area (Å²) < 4.78 is 10.5. The first-order valence-electron chi connectivity index (χ1n) is 5.47. The Bertz CT molecular complexity index is 355. The van der Waals surface area contributed by atoms with Gasteiger partial charge in [0.25, 0.3) is 0 Å². The highest BCUT2D eigenvalue weighted by atomic mass is 16.6. The number of nitrogens with zero attached hydrogens (tertiary/aromatic N) is 1. The predicted octanol–water partition coefficient (Wildman–Crippen LogP) is 1.43. The van der Waals surface area contributed by atoms with Crippen LogP contribution in [-0.4, -0.2) is 35.9 Å². The van der Waals surface area contributed by atoms with Crippen LogP contribution < -0.4 is 0 Å². The summed E-state index contributed by atoms with van der Waals surface area (Å²) in [6.45, 7) is 4.57. The number of aliphatic carboxylic acids is 1. The predicted molar refractivity (Wildman–Crippen MR) is 61.7 cm³/mol. The van der Waals surface area contributed by atoms with Crippen molar-refractivity contribution < 1.29 is 19.4 Å². The normalized spacial score (nSPS) is 14.2. The van der Waals surface area contributed by atoms with Gasteiger partial charge in [0.1, 0.15) is 0 Å². The molecule has 1 aromatic rings. The van der Waals surface area contributed by atoms with Gasteiger partial charge in [0.05, 0.1) is 13.2 Å². The number of ether oxygens (including phenoxy) is 2. The number of carboxylic acid groups (broad SMARTS) is 1. The molecule has 0 aliphatic heterocycles. The molecule has 1 N–H and O–H groups in total. The van der Waals surface area contributed by atoms with Gasteiger partial charge in [0, 0.05) is 24.6 Å². The van der Waals surface area contributed by atoms with Crippen molar-refractivity contribution in [2.75, 3.05) is 19.8 Å². The molecule has 17 heavy (non-hydrogen) atoms. The molecule has 0 aromatic carbocycles. The second-order valence-electron chi connectivity index (χ2n) is 3.63. The zero-order chi connectivity index (χ0) is 12.7. The summed E-state index contributed by atoms with van der Waals surface area (Å²) >= 11 is 0. The molecule has 0 radical (unpaired) electrons. The Morgan fingerprint density at radius 3 is 2.82 bits per heavy atom. The first-order valence-corrected chi connectivity index (χ1v) is 5.47. The monoisotopic (exact) mass is 239 g/mol. The summed E-state index contributed by atoms with van der Waals surface area (Å²) in [4.78, 5) is 15.2. The molecule has 0 spiro atoms. The van der Waals surface area contributed by atoms with Crippen LogP contribution in [0.3, 0.4) is 0 Å². The standard InChI is InChI=1S/C12H17NO4/c1-3-16-7-8-17-12(2,11(14)15)10-5-4-6-13-9-10/h4-6,9H,3,7-8H2,1-2H3,(H,14,15). The Morgan fingerprint density at radius 2 is 2.29 bits per heavy atom. The van der Waals surface area contributed by atoms with E-state index in [-0.39, 0.29) is 6.61 Å². The molecule has 0 bridgehead atoms. The minimum absolute atomic E-state index is 0.228. The van der Waals surface area contributed by atoms with Crippen molar-refractivity contribution >= 4 is 5.97 Å². The molecule has 0 amide bonds. The van der Waals surface area contributed by atoms with E-state index in [0.29, 0.717) is 18.8 Å². The van der Waals surface area contributed by atoms with Crippen LogP contribution in [0.25, 0.3) is 0 Å². The van der Waals surface area contributed by atoms with Crippen molar-refractivity contribution in [3.05, 3.63) is 30.1 Å². The van der Waals surface area contributed by atoms with Crippen LogP contribution in [0.4, 0.5) is 0 Å². The van der Waals surface area contributed by atoms with E-state index >= 15 is 0 Å². The third kappa shape index (κ3) is 3.51. The quantitative estimate of drug-likeness (QED) is 0.729. The Labute approximate surface area is 100 Å². The molecule has 0 saturated heterocycles. The topological polar surface area (TPSA) is 68.7 Å². The Hall–Kier alpha value is -1.46. The van der Waals surface area contributed by atoms with E-state index in [1.54, 1.807) is 18.3 Å². The number of hydrogen-bond acceptors (Lipinski definition) is 4. The second kappa shape index (κ2) is 6.32. The van der Waals surface area contributed by atoms with Gasteiger partial charge in [-0.2, -0.15) is 0 Å². The summed E-state index contributed by atoms with van der Waals surface area (Å²) in [7, 11) is 0. The van der Waals surface area contributed by atoms with Crippen LogP contribution in [0.15, 0.2) is 24.5 Å².